The fourth-order valence-electron chi connectivity index (χ4n) is 1.46. The molecular formula is C12H15N5. The fraction of sp³-hybridized carbons (Fsp3) is 0.333. The molecule has 1 aliphatic rings. The summed E-state index contributed by atoms with van der Waals surface area (Å²) in [6.45, 7) is 0.509. The Hall–Kier alpha value is -2.06. The molecule has 1 aromatic rings. The third-order valence-corrected chi connectivity index (χ3v) is 2.53. The number of nitrogens with zero attached hydrogens (tertiary/aromatic N) is 2. The molecule has 0 radical (unpaired) electrons. The van der Waals surface area contributed by atoms with Crippen LogP contribution in [0.25, 0.3) is 0 Å². The van der Waals surface area contributed by atoms with Gasteiger partial charge in [0.1, 0.15) is 0 Å². The van der Waals surface area contributed by atoms with Gasteiger partial charge >= 0.3 is 0 Å². The Morgan fingerprint density at radius 1 is 1.53 bits per heavy atom. The molecule has 5 heteroatoms. The van der Waals surface area contributed by atoms with Gasteiger partial charge in [-0.3, -0.25) is 5.43 Å². The van der Waals surface area contributed by atoms with Crippen molar-refractivity contribution >= 4 is 5.96 Å². The van der Waals surface area contributed by atoms with E-state index in [2.05, 4.69) is 21.8 Å². The summed E-state index contributed by atoms with van der Waals surface area (Å²) in [6, 6.07) is 10.0. The van der Waals surface area contributed by atoms with Gasteiger partial charge in [-0.25, -0.2) is 10.8 Å². The van der Waals surface area contributed by atoms with E-state index in [0.717, 1.165) is 5.56 Å². The molecule has 0 atom stereocenters. The van der Waals surface area contributed by atoms with Crippen LogP contribution in [0.1, 0.15) is 24.0 Å². The van der Waals surface area contributed by atoms with E-state index < -0.39 is 0 Å². The molecule has 17 heavy (non-hydrogen) atoms. The van der Waals surface area contributed by atoms with Gasteiger partial charge < -0.3 is 5.32 Å². The highest BCUT2D eigenvalue weighted by Crippen LogP contribution is 2.18. The quantitative estimate of drug-likeness (QED) is 0.307. The summed E-state index contributed by atoms with van der Waals surface area (Å²) in [7, 11) is 0. The predicted octanol–water partition coefficient (Wildman–Crippen LogP) is 0.630. The molecule has 2 rings (SSSR count). The average Bonchev–Trinajstić information content (AvgIpc) is 3.18. The lowest BCUT2D eigenvalue weighted by Crippen LogP contribution is -2.42. The van der Waals surface area contributed by atoms with Gasteiger partial charge in [0.05, 0.1) is 18.2 Å². The first-order valence-electron chi connectivity index (χ1n) is 5.58. The molecule has 0 spiro atoms. The minimum atomic E-state index is 0.509. The summed E-state index contributed by atoms with van der Waals surface area (Å²) in [5.41, 5.74) is 4.19. The molecule has 4 N–H and O–H groups in total. The lowest BCUT2D eigenvalue weighted by molar-refractivity contribution is 0.821. The number of benzene rings is 1. The number of aliphatic imine (C=N–C) groups is 1. The maximum Gasteiger partial charge on any atom is 0.206 e. The first kappa shape index (κ1) is 11.4. The molecule has 5 nitrogen and oxygen atoms in total. The number of guanidine groups is 1. The SMILES string of the molecule is N#Cc1cccc(CN=C(NN)NC2CC2)c1. The van der Waals surface area contributed by atoms with Crippen LogP contribution in [0, 0.1) is 11.3 Å². The Morgan fingerprint density at radius 2 is 2.35 bits per heavy atom. The maximum absolute atomic E-state index is 8.78. The average molecular weight is 229 g/mol. The van der Waals surface area contributed by atoms with E-state index >= 15 is 0 Å². The highest BCUT2D eigenvalue weighted by Gasteiger charge is 2.21. The summed E-state index contributed by atoms with van der Waals surface area (Å²) in [4.78, 5) is 4.33. The van der Waals surface area contributed by atoms with Gasteiger partial charge in [0, 0.05) is 6.04 Å². The minimum absolute atomic E-state index is 0.509. The Morgan fingerprint density at radius 3 is 3.00 bits per heavy atom. The molecular weight excluding hydrogens is 214 g/mol. The van der Waals surface area contributed by atoms with Crippen LogP contribution in [-0.4, -0.2) is 12.0 Å². The molecule has 0 heterocycles. The van der Waals surface area contributed by atoms with Crippen LogP contribution in [0.15, 0.2) is 29.3 Å². The summed E-state index contributed by atoms with van der Waals surface area (Å²) in [5.74, 6) is 5.98. The summed E-state index contributed by atoms with van der Waals surface area (Å²) < 4.78 is 0. The van der Waals surface area contributed by atoms with E-state index in [4.69, 9.17) is 11.1 Å². The van der Waals surface area contributed by atoms with Crippen LogP contribution in [0.3, 0.4) is 0 Å². The van der Waals surface area contributed by atoms with Crippen molar-refractivity contribution in [1.29, 1.82) is 5.26 Å². The third-order valence-electron chi connectivity index (χ3n) is 2.53. The van der Waals surface area contributed by atoms with Crippen LogP contribution in [0.5, 0.6) is 0 Å². The van der Waals surface area contributed by atoms with Crippen molar-refractivity contribution in [2.45, 2.75) is 25.4 Å². The second-order valence-corrected chi connectivity index (χ2v) is 4.04. The van der Waals surface area contributed by atoms with E-state index in [9.17, 15) is 0 Å². The zero-order valence-electron chi connectivity index (χ0n) is 9.48. The summed E-state index contributed by atoms with van der Waals surface area (Å²) in [6.07, 6.45) is 2.34. The topological polar surface area (TPSA) is 86.2 Å². The van der Waals surface area contributed by atoms with E-state index in [1.54, 1.807) is 6.07 Å². The standard InChI is InChI=1S/C12H15N5/c13-7-9-2-1-3-10(6-9)8-15-12(17-14)16-11-4-5-11/h1-3,6,11H,4-5,8,14H2,(H2,15,16,17). The second kappa shape index (κ2) is 5.32. The highest BCUT2D eigenvalue weighted by atomic mass is 15.3. The van der Waals surface area contributed by atoms with Crippen molar-refractivity contribution < 1.29 is 0 Å². The van der Waals surface area contributed by atoms with E-state index in [1.807, 2.05) is 18.2 Å². The van der Waals surface area contributed by atoms with Crippen molar-refractivity contribution in [1.82, 2.24) is 10.7 Å². The number of rotatable bonds is 3. The van der Waals surface area contributed by atoms with Gasteiger partial charge in [0.25, 0.3) is 0 Å². The molecule has 0 amide bonds. The van der Waals surface area contributed by atoms with E-state index in [0.29, 0.717) is 24.1 Å². The zero-order chi connectivity index (χ0) is 12.1. The van der Waals surface area contributed by atoms with Crippen LogP contribution in [0.4, 0.5) is 0 Å². The lowest BCUT2D eigenvalue weighted by atomic mass is 10.1. The maximum atomic E-state index is 8.78. The first-order chi connectivity index (χ1) is 8.31. The molecule has 1 aromatic carbocycles. The van der Waals surface area contributed by atoms with Crippen molar-refractivity contribution in [3.8, 4) is 6.07 Å². The fourth-order valence-corrected chi connectivity index (χ4v) is 1.46. The van der Waals surface area contributed by atoms with E-state index in [-0.39, 0.29) is 0 Å². The van der Waals surface area contributed by atoms with Gasteiger partial charge in [0.2, 0.25) is 5.96 Å². The Balaban J connectivity index is 1.98. The molecule has 1 aliphatic carbocycles. The first-order valence-corrected chi connectivity index (χ1v) is 5.58. The van der Waals surface area contributed by atoms with Gasteiger partial charge in [-0.15, -0.1) is 0 Å². The lowest BCUT2D eigenvalue weighted by Gasteiger charge is -2.07. The van der Waals surface area contributed by atoms with Gasteiger partial charge in [-0.05, 0) is 30.5 Å². The van der Waals surface area contributed by atoms with Crippen molar-refractivity contribution in [3.63, 3.8) is 0 Å². The van der Waals surface area contributed by atoms with Gasteiger partial charge in [-0.1, -0.05) is 12.1 Å². The minimum Gasteiger partial charge on any atom is -0.353 e. The number of hydrogen-bond donors (Lipinski definition) is 3. The Bertz CT molecular complexity index is 456. The van der Waals surface area contributed by atoms with Crippen LogP contribution >= 0.6 is 0 Å². The Labute approximate surface area is 100 Å². The molecule has 0 bridgehead atoms. The van der Waals surface area contributed by atoms with Crippen molar-refractivity contribution in [3.05, 3.63) is 35.4 Å². The molecule has 88 valence electrons. The molecule has 0 aliphatic heterocycles. The van der Waals surface area contributed by atoms with Crippen molar-refractivity contribution in [2.75, 3.05) is 0 Å². The molecule has 1 saturated carbocycles. The highest BCUT2D eigenvalue weighted by molar-refractivity contribution is 5.79. The van der Waals surface area contributed by atoms with Crippen LogP contribution in [-0.2, 0) is 6.54 Å². The zero-order valence-corrected chi connectivity index (χ0v) is 9.48. The third kappa shape index (κ3) is 3.47. The summed E-state index contributed by atoms with van der Waals surface area (Å²) >= 11 is 0. The predicted molar refractivity (Wildman–Crippen MR) is 65.8 cm³/mol. The largest absolute Gasteiger partial charge is 0.353 e. The molecule has 0 saturated heterocycles. The number of hydrazine groups is 1. The normalized spacial score (nSPS) is 15.2. The summed E-state index contributed by atoms with van der Waals surface area (Å²) in [5, 5.41) is 12.0. The second-order valence-electron chi connectivity index (χ2n) is 4.04. The van der Waals surface area contributed by atoms with E-state index in [1.165, 1.54) is 12.8 Å². The number of nitrogens with two attached hydrogens (primary N) is 1. The Kier molecular flexibility index (Phi) is 3.58. The molecule has 0 unspecified atom stereocenters. The molecule has 1 fully saturated rings. The van der Waals surface area contributed by atoms with Gasteiger partial charge in [0.15, 0.2) is 0 Å². The molecule has 0 aromatic heterocycles. The van der Waals surface area contributed by atoms with Gasteiger partial charge in [-0.2, -0.15) is 5.26 Å². The number of nitrogens with one attached hydrogen (secondary N) is 2. The smallest absolute Gasteiger partial charge is 0.206 e. The van der Waals surface area contributed by atoms with Crippen molar-refractivity contribution in [2.24, 2.45) is 10.8 Å². The number of nitriles is 1. The monoisotopic (exact) mass is 229 g/mol. The van der Waals surface area contributed by atoms with Crippen LogP contribution < -0.4 is 16.6 Å². The number of hydrogen-bond acceptors (Lipinski definition) is 3. The van der Waals surface area contributed by atoms with Crippen LogP contribution in [0.2, 0.25) is 0 Å².